The topological polar surface area (TPSA) is 56.7 Å². The molecule has 0 aliphatic carbocycles. The zero-order valence-electron chi connectivity index (χ0n) is 29.3. The van der Waals surface area contributed by atoms with Crippen molar-refractivity contribution in [1.82, 2.24) is 19.5 Å². The van der Waals surface area contributed by atoms with Crippen molar-refractivity contribution in [1.29, 1.82) is 0 Å². The number of rotatable bonds is 4. The second-order valence-electron chi connectivity index (χ2n) is 14.0. The van der Waals surface area contributed by atoms with Gasteiger partial charge < -0.3 is 8.98 Å². The minimum Gasteiger partial charge on any atom is -0.456 e. The summed E-state index contributed by atoms with van der Waals surface area (Å²) in [4.78, 5) is 15.4. The summed E-state index contributed by atoms with van der Waals surface area (Å²) in [6.45, 7) is 0. The van der Waals surface area contributed by atoms with Crippen molar-refractivity contribution >= 4 is 86.0 Å². The molecule has 0 amide bonds. The summed E-state index contributed by atoms with van der Waals surface area (Å²) in [6.07, 6.45) is 0. The van der Waals surface area contributed by atoms with E-state index in [0.717, 1.165) is 60.5 Å². The van der Waals surface area contributed by atoms with E-state index >= 15 is 0 Å². The third-order valence-corrected chi connectivity index (χ3v) is 12.0. The van der Waals surface area contributed by atoms with E-state index in [2.05, 4.69) is 132 Å². The standard InChI is InChI=1S/C49H28N4OS/c1-2-14-30(15-3-1)47-50-48(32-26-25-29-13-4-5-16-31(29)27-32)52-49(51-47)37-21-12-23-40-44(37)43-34-18-7-6-17-33(34)39(28-41(43)54-40)53-38-22-10-8-19-35(38)46-45(53)36-20-9-11-24-42(36)55-46/h1-28H. The van der Waals surface area contributed by atoms with Crippen LogP contribution in [0.2, 0.25) is 0 Å². The second-order valence-corrected chi connectivity index (χ2v) is 15.0. The van der Waals surface area contributed by atoms with Crippen molar-refractivity contribution in [2.75, 3.05) is 0 Å². The Morgan fingerprint density at radius 1 is 0.455 bits per heavy atom. The van der Waals surface area contributed by atoms with E-state index in [1.165, 1.54) is 36.6 Å². The van der Waals surface area contributed by atoms with Crippen molar-refractivity contribution in [3.8, 4) is 39.9 Å². The van der Waals surface area contributed by atoms with Crippen LogP contribution in [0.1, 0.15) is 0 Å². The Bertz CT molecular complexity index is 3500. The van der Waals surface area contributed by atoms with Gasteiger partial charge >= 0.3 is 0 Å². The lowest BCUT2D eigenvalue weighted by molar-refractivity contribution is 0.669. The van der Waals surface area contributed by atoms with Gasteiger partial charge in [0.25, 0.3) is 0 Å². The molecule has 0 saturated heterocycles. The Kier molecular flexibility index (Phi) is 6.44. The van der Waals surface area contributed by atoms with Gasteiger partial charge in [-0.25, -0.2) is 15.0 Å². The largest absolute Gasteiger partial charge is 0.456 e. The third-order valence-electron chi connectivity index (χ3n) is 10.8. The summed E-state index contributed by atoms with van der Waals surface area (Å²) in [5.41, 5.74) is 7.85. The van der Waals surface area contributed by atoms with Gasteiger partial charge in [0, 0.05) is 54.4 Å². The van der Waals surface area contributed by atoms with Gasteiger partial charge in [0.1, 0.15) is 11.2 Å². The number of furan rings is 1. The highest BCUT2D eigenvalue weighted by Crippen LogP contribution is 2.46. The molecule has 256 valence electrons. The first-order valence-electron chi connectivity index (χ1n) is 18.4. The van der Waals surface area contributed by atoms with Crippen LogP contribution in [-0.4, -0.2) is 19.5 Å². The van der Waals surface area contributed by atoms with Crippen molar-refractivity contribution in [3.05, 3.63) is 170 Å². The van der Waals surface area contributed by atoms with E-state index < -0.39 is 0 Å². The molecule has 0 N–H and O–H groups in total. The molecular formula is C49H28N4OS. The molecule has 0 aliphatic heterocycles. The van der Waals surface area contributed by atoms with Gasteiger partial charge in [-0.1, -0.05) is 140 Å². The van der Waals surface area contributed by atoms with Crippen LogP contribution in [0.25, 0.3) is 115 Å². The second kappa shape index (κ2) is 11.7. The molecule has 0 aliphatic rings. The van der Waals surface area contributed by atoms with Crippen LogP contribution < -0.4 is 0 Å². The SMILES string of the molecule is c1ccc(-c2nc(-c3ccc4ccccc4c3)nc(-c3cccc4oc5cc(-n6c7ccccc7c7sc8ccccc8c76)c6ccccc6c5c34)n2)cc1. The van der Waals surface area contributed by atoms with Crippen molar-refractivity contribution in [2.45, 2.75) is 0 Å². The van der Waals surface area contributed by atoms with Gasteiger partial charge in [0.15, 0.2) is 17.5 Å². The third kappa shape index (κ3) is 4.55. The molecule has 12 aromatic rings. The maximum Gasteiger partial charge on any atom is 0.164 e. The summed E-state index contributed by atoms with van der Waals surface area (Å²) in [7, 11) is 0. The zero-order chi connectivity index (χ0) is 36.0. The molecule has 0 atom stereocenters. The zero-order valence-corrected chi connectivity index (χ0v) is 30.1. The molecule has 0 radical (unpaired) electrons. The van der Waals surface area contributed by atoms with E-state index in [1.807, 2.05) is 53.8 Å². The Hall–Kier alpha value is -7.15. The number of fused-ring (bicyclic) bond motifs is 11. The van der Waals surface area contributed by atoms with Gasteiger partial charge in [-0.3, -0.25) is 0 Å². The molecule has 0 spiro atoms. The van der Waals surface area contributed by atoms with E-state index in [-0.39, 0.29) is 0 Å². The lowest BCUT2D eigenvalue weighted by Crippen LogP contribution is -2.00. The van der Waals surface area contributed by atoms with Gasteiger partial charge in [0.2, 0.25) is 0 Å². The number of aromatic nitrogens is 4. The van der Waals surface area contributed by atoms with Crippen LogP contribution in [0, 0.1) is 0 Å². The average Bonchev–Trinajstić information content (AvgIpc) is 3.92. The van der Waals surface area contributed by atoms with Crippen LogP contribution in [0.15, 0.2) is 174 Å². The molecule has 0 saturated carbocycles. The predicted molar refractivity (Wildman–Crippen MR) is 228 cm³/mol. The van der Waals surface area contributed by atoms with Crippen LogP contribution in [0.3, 0.4) is 0 Å². The predicted octanol–water partition coefficient (Wildman–Crippen LogP) is 13.4. The molecule has 55 heavy (non-hydrogen) atoms. The number of hydrogen-bond acceptors (Lipinski definition) is 5. The summed E-state index contributed by atoms with van der Waals surface area (Å²) in [6, 6.07) is 59.4. The smallest absolute Gasteiger partial charge is 0.164 e. The van der Waals surface area contributed by atoms with Gasteiger partial charge in [-0.15, -0.1) is 11.3 Å². The van der Waals surface area contributed by atoms with Gasteiger partial charge in [-0.2, -0.15) is 0 Å². The average molecular weight is 721 g/mol. The summed E-state index contributed by atoms with van der Waals surface area (Å²) < 4.78 is 11.9. The normalized spacial score (nSPS) is 12.0. The lowest BCUT2D eigenvalue weighted by atomic mass is 9.99. The minimum absolute atomic E-state index is 0.598. The number of nitrogens with zero attached hydrogens (tertiary/aromatic N) is 4. The maximum absolute atomic E-state index is 6.85. The van der Waals surface area contributed by atoms with E-state index in [0.29, 0.717) is 17.5 Å². The van der Waals surface area contributed by atoms with Crippen molar-refractivity contribution < 1.29 is 4.42 Å². The number of benzene rings is 8. The van der Waals surface area contributed by atoms with Gasteiger partial charge in [-0.05, 0) is 40.4 Å². The maximum atomic E-state index is 6.85. The van der Waals surface area contributed by atoms with Crippen LogP contribution in [0.5, 0.6) is 0 Å². The quantitative estimate of drug-likeness (QED) is 0.182. The highest BCUT2D eigenvalue weighted by molar-refractivity contribution is 7.26. The first-order valence-corrected chi connectivity index (χ1v) is 19.2. The lowest BCUT2D eigenvalue weighted by Gasteiger charge is -2.13. The molecule has 0 unspecified atom stereocenters. The minimum atomic E-state index is 0.598. The Morgan fingerprint density at radius 2 is 1.15 bits per heavy atom. The highest BCUT2D eigenvalue weighted by Gasteiger charge is 2.23. The van der Waals surface area contributed by atoms with Crippen LogP contribution in [0.4, 0.5) is 0 Å². The van der Waals surface area contributed by atoms with E-state index in [1.54, 1.807) is 0 Å². The van der Waals surface area contributed by atoms with Crippen molar-refractivity contribution in [3.63, 3.8) is 0 Å². The number of thiophene rings is 1. The summed E-state index contributed by atoms with van der Waals surface area (Å²) in [5, 5.41) is 9.09. The molecule has 12 rings (SSSR count). The van der Waals surface area contributed by atoms with E-state index in [9.17, 15) is 0 Å². The Balaban J connectivity index is 1.15. The molecule has 6 heteroatoms. The molecule has 5 nitrogen and oxygen atoms in total. The van der Waals surface area contributed by atoms with E-state index in [4.69, 9.17) is 19.4 Å². The molecule has 4 aromatic heterocycles. The summed E-state index contributed by atoms with van der Waals surface area (Å²) in [5.74, 6) is 1.84. The first-order chi connectivity index (χ1) is 27.3. The highest BCUT2D eigenvalue weighted by atomic mass is 32.1. The van der Waals surface area contributed by atoms with Crippen LogP contribution >= 0.6 is 11.3 Å². The molecule has 4 heterocycles. The number of para-hydroxylation sites is 1. The van der Waals surface area contributed by atoms with Crippen molar-refractivity contribution in [2.24, 2.45) is 0 Å². The van der Waals surface area contributed by atoms with Crippen LogP contribution in [-0.2, 0) is 0 Å². The fourth-order valence-corrected chi connectivity index (χ4v) is 9.59. The Morgan fingerprint density at radius 3 is 2.02 bits per heavy atom. The summed E-state index contributed by atoms with van der Waals surface area (Å²) >= 11 is 1.86. The number of hydrogen-bond donors (Lipinski definition) is 0. The van der Waals surface area contributed by atoms with Gasteiger partial charge in [0.05, 0.1) is 21.4 Å². The fourth-order valence-electron chi connectivity index (χ4n) is 8.37. The molecular weight excluding hydrogens is 693 g/mol. The monoisotopic (exact) mass is 720 g/mol. The fraction of sp³-hybridized carbons (Fsp3) is 0. The molecule has 0 fully saturated rings. The first kappa shape index (κ1) is 30.3. The molecule has 8 aromatic carbocycles. The Labute approximate surface area is 318 Å². The molecule has 0 bridgehead atoms.